The Morgan fingerprint density at radius 3 is 2.39 bits per heavy atom. The molecule has 0 unspecified atom stereocenters. The summed E-state index contributed by atoms with van der Waals surface area (Å²) >= 11 is 0. The third-order valence-electron chi connectivity index (χ3n) is 6.47. The zero-order valence-electron chi connectivity index (χ0n) is 19.9. The maximum Gasteiger partial charge on any atom is 0.338 e. The summed E-state index contributed by atoms with van der Waals surface area (Å²) in [6.45, 7) is -0.289. The first-order valence-corrected chi connectivity index (χ1v) is 11.9. The first kappa shape index (κ1) is 25.5. The van der Waals surface area contributed by atoms with Gasteiger partial charge in [0, 0.05) is 17.7 Å². The lowest BCUT2D eigenvalue weighted by atomic mass is 9.96. The molecule has 11 heteroatoms. The van der Waals surface area contributed by atoms with Crippen LogP contribution in [-0.4, -0.2) is 67.8 Å². The lowest BCUT2D eigenvalue weighted by molar-refractivity contribution is -0.241. The van der Waals surface area contributed by atoms with E-state index in [-0.39, 0.29) is 40.9 Å². The van der Waals surface area contributed by atoms with Crippen LogP contribution in [0.3, 0.4) is 0 Å². The molecule has 5 rings (SSSR count). The molecule has 2 heterocycles. The van der Waals surface area contributed by atoms with E-state index < -0.39 is 36.7 Å². The van der Waals surface area contributed by atoms with Crippen molar-refractivity contribution in [1.82, 2.24) is 0 Å². The Morgan fingerprint density at radius 1 is 0.895 bits per heavy atom. The van der Waals surface area contributed by atoms with Crippen LogP contribution in [0.25, 0.3) is 0 Å². The zero-order chi connectivity index (χ0) is 27.0. The smallest absolute Gasteiger partial charge is 0.338 e. The number of aromatic hydroxyl groups is 4. The van der Waals surface area contributed by atoms with Crippen LogP contribution in [0.1, 0.15) is 34.0 Å². The number of esters is 1. The van der Waals surface area contributed by atoms with Crippen LogP contribution in [0.2, 0.25) is 0 Å². The maximum atomic E-state index is 12.7. The predicted octanol–water partition coefficient (Wildman–Crippen LogP) is 2.26. The average molecular weight is 526 g/mol. The number of phenols is 4. The third-order valence-corrected chi connectivity index (χ3v) is 6.47. The first-order valence-electron chi connectivity index (χ1n) is 11.9. The molecule has 38 heavy (non-hydrogen) atoms. The molecule has 0 aliphatic carbocycles. The minimum Gasteiger partial charge on any atom is -0.508 e. The van der Waals surface area contributed by atoms with E-state index in [1.165, 1.54) is 48.5 Å². The number of hydrogen-bond acceptors (Lipinski definition) is 11. The Balaban J connectivity index is 1.38. The lowest BCUT2D eigenvalue weighted by Crippen LogP contribution is -2.56. The van der Waals surface area contributed by atoms with Gasteiger partial charge in [0.15, 0.2) is 17.6 Å². The summed E-state index contributed by atoms with van der Waals surface area (Å²) in [7, 11) is 0. The molecule has 0 amide bonds. The van der Waals surface area contributed by atoms with Gasteiger partial charge in [0.2, 0.25) is 6.29 Å². The molecular weight excluding hydrogens is 500 g/mol. The number of rotatable bonds is 5. The fraction of sp³-hybridized carbons (Fsp3) is 0.296. The number of ether oxygens (including phenoxy) is 4. The van der Waals surface area contributed by atoms with Gasteiger partial charge in [-0.05, 0) is 54.8 Å². The predicted molar refractivity (Wildman–Crippen MR) is 129 cm³/mol. The van der Waals surface area contributed by atoms with E-state index in [9.17, 15) is 35.4 Å². The Bertz CT molecular complexity index is 1320. The van der Waals surface area contributed by atoms with E-state index in [4.69, 9.17) is 18.9 Å². The van der Waals surface area contributed by atoms with Gasteiger partial charge in [-0.15, -0.1) is 0 Å². The van der Waals surface area contributed by atoms with Crippen molar-refractivity contribution in [1.29, 1.82) is 0 Å². The molecule has 2 aliphatic heterocycles. The van der Waals surface area contributed by atoms with Crippen LogP contribution in [-0.2, 0) is 15.9 Å². The van der Waals surface area contributed by atoms with Gasteiger partial charge in [-0.3, -0.25) is 0 Å². The molecule has 0 radical (unpaired) electrons. The largest absolute Gasteiger partial charge is 0.508 e. The highest BCUT2D eigenvalue weighted by atomic mass is 16.7. The molecule has 0 spiro atoms. The summed E-state index contributed by atoms with van der Waals surface area (Å²) in [6, 6.07) is 12.4. The quantitative estimate of drug-likeness (QED) is 0.212. The highest BCUT2D eigenvalue weighted by molar-refractivity contribution is 5.89. The number of phenolic OH excluding ortho intramolecular Hbond substituents is 4. The fourth-order valence-corrected chi connectivity index (χ4v) is 4.43. The number of hydrogen-bond donors (Lipinski definition) is 6. The van der Waals surface area contributed by atoms with Gasteiger partial charge in [0.05, 0.1) is 12.2 Å². The van der Waals surface area contributed by atoms with Gasteiger partial charge in [0.1, 0.15) is 41.3 Å². The van der Waals surface area contributed by atoms with Gasteiger partial charge in [-0.2, -0.15) is 0 Å². The molecule has 1 fully saturated rings. The van der Waals surface area contributed by atoms with Gasteiger partial charge in [-0.1, -0.05) is 6.07 Å². The number of carbonyl (C=O) groups excluding carboxylic acids is 1. The minimum absolute atomic E-state index is 0.0421. The molecule has 0 saturated carbocycles. The average Bonchev–Trinajstić information content (AvgIpc) is 2.89. The van der Waals surface area contributed by atoms with Gasteiger partial charge in [-0.25, -0.2) is 4.79 Å². The van der Waals surface area contributed by atoms with Crippen molar-refractivity contribution in [3.05, 3.63) is 71.3 Å². The lowest BCUT2D eigenvalue weighted by Gasteiger charge is -2.38. The van der Waals surface area contributed by atoms with E-state index in [1.54, 1.807) is 6.07 Å². The van der Waals surface area contributed by atoms with E-state index in [0.717, 1.165) is 0 Å². The first-order chi connectivity index (χ1) is 18.2. The second-order valence-electron chi connectivity index (χ2n) is 9.11. The van der Waals surface area contributed by atoms with Crippen molar-refractivity contribution in [2.45, 2.75) is 43.5 Å². The van der Waals surface area contributed by atoms with E-state index in [2.05, 4.69) is 0 Å². The fourth-order valence-electron chi connectivity index (χ4n) is 4.43. The van der Waals surface area contributed by atoms with Gasteiger partial charge in [0.25, 0.3) is 0 Å². The molecule has 1 saturated heterocycles. The van der Waals surface area contributed by atoms with E-state index in [1.807, 2.05) is 0 Å². The molecular formula is C27H26O11. The second-order valence-corrected chi connectivity index (χ2v) is 9.11. The molecule has 3 aromatic carbocycles. The van der Waals surface area contributed by atoms with Crippen LogP contribution in [0.5, 0.6) is 34.5 Å². The third kappa shape index (κ3) is 5.12. The maximum absolute atomic E-state index is 12.7. The summed E-state index contributed by atoms with van der Waals surface area (Å²) in [5, 5.41) is 59.9. The molecule has 200 valence electrons. The molecule has 2 aliphatic rings. The molecule has 0 aromatic heterocycles. The van der Waals surface area contributed by atoms with Crippen LogP contribution >= 0.6 is 0 Å². The van der Waals surface area contributed by atoms with Crippen molar-refractivity contribution < 1.29 is 54.4 Å². The van der Waals surface area contributed by atoms with E-state index >= 15 is 0 Å². The number of aliphatic hydroxyl groups is 2. The summed E-state index contributed by atoms with van der Waals surface area (Å²) < 4.78 is 23.0. The molecule has 11 nitrogen and oxygen atoms in total. The van der Waals surface area contributed by atoms with Crippen molar-refractivity contribution in [2.24, 2.45) is 0 Å². The summed E-state index contributed by atoms with van der Waals surface area (Å²) in [5.74, 6) is -1.09. The number of carbonyl (C=O) groups is 1. The van der Waals surface area contributed by atoms with Gasteiger partial charge >= 0.3 is 5.97 Å². The Morgan fingerprint density at radius 2 is 1.66 bits per heavy atom. The van der Waals surface area contributed by atoms with Crippen LogP contribution in [0.15, 0.2) is 54.6 Å². The highest BCUT2D eigenvalue weighted by Crippen LogP contribution is 2.44. The van der Waals surface area contributed by atoms with E-state index in [0.29, 0.717) is 29.7 Å². The SMILES string of the molecule is O=C(O[C@@H]1[C@@H](Oc2cc(O)cc3c2CC[C@@H](c2ccc(O)c(O)c2)O3)OC[C@H](O)[C@H]1O)c1ccc(O)cc1. The summed E-state index contributed by atoms with van der Waals surface area (Å²) in [5.41, 5.74) is 1.32. The van der Waals surface area contributed by atoms with Crippen LogP contribution < -0.4 is 9.47 Å². The topological polar surface area (TPSA) is 175 Å². The standard InChI is InChI=1S/C27H26O11/c28-15-4-1-13(2-5-15)26(34)38-25-24(33)20(32)12-35-27(25)37-23-11-16(29)10-22-17(23)6-8-21(36-22)14-3-7-18(30)19(31)9-14/h1-5,7,9-11,20-21,24-25,27-33H,6,8,12H2/t20-,21-,24+,25-,27+/m0/s1. The Labute approximate surface area is 216 Å². The normalized spacial score (nSPS) is 24.6. The highest BCUT2D eigenvalue weighted by Gasteiger charge is 2.44. The van der Waals surface area contributed by atoms with Crippen LogP contribution in [0, 0.1) is 0 Å². The molecule has 5 atom stereocenters. The van der Waals surface area contributed by atoms with Crippen LogP contribution in [0.4, 0.5) is 0 Å². The van der Waals surface area contributed by atoms with Crippen molar-refractivity contribution >= 4 is 5.97 Å². The number of aliphatic hydroxyl groups excluding tert-OH is 2. The Kier molecular flexibility index (Phi) is 6.89. The molecule has 6 N–H and O–H groups in total. The van der Waals surface area contributed by atoms with Crippen molar-refractivity contribution in [2.75, 3.05) is 6.61 Å². The second kappa shape index (κ2) is 10.3. The Hall–Kier alpha value is -4.19. The summed E-state index contributed by atoms with van der Waals surface area (Å²) in [4.78, 5) is 12.7. The number of fused-ring (bicyclic) bond motifs is 1. The molecule has 3 aromatic rings. The monoisotopic (exact) mass is 526 g/mol. The minimum atomic E-state index is -1.52. The molecule has 0 bridgehead atoms. The zero-order valence-corrected chi connectivity index (χ0v) is 19.9. The summed E-state index contributed by atoms with van der Waals surface area (Å²) in [6.07, 6.45) is -5.16. The van der Waals surface area contributed by atoms with Crippen molar-refractivity contribution in [3.63, 3.8) is 0 Å². The van der Waals surface area contributed by atoms with Gasteiger partial charge < -0.3 is 49.6 Å². The van der Waals surface area contributed by atoms with Crippen molar-refractivity contribution in [3.8, 4) is 34.5 Å². The number of benzene rings is 3.